The van der Waals surface area contributed by atoms with E-state index in [1.807, 2.05) is 0 Å². The van der Waals surface area contributed by atoms with Gasteiger partial charge in [0, 0.05) is 23.7 Å². The van der Waals surface area contributed by atoms with Crippen molar-refractivity contribution in [2.75, 3.05) is 7.11 Å². The molecule has 3 heteroatoms. The van der Waals surface area contributed by atoms with Crippen LogP contribution in [-0.4, -0.2) is 17.9 Å². The van der Waals surface area contributed by atoms with E-state index in [1.54, 1.807) is 25.4 Å². The van der Waals surface area contributed by atoms with Gasteiger partial charge in [-0.05, 0) is 18.9 Å². The van der Waals surface area contributed by atoms with Gasteiger partial charge in [0.25, 0.3) is 0 Å². The molecular weight excluding hydrogens is 190 g/mol. The van der Waals surface area contributed by atoms with E-state index < -0.39 is 0 Å². The van der Waals surface area contributed by atoms with Crippen LogP contribution in [0, 0.1) is 5.92 Å². The summed E-state index contributed by atoms with van der Waals surface area (Å²) in [5.41, 5.74) is 0.711. The van der Waals surface area contributed by atoms with Crippen LogP contribution < -0.4 is 4.74 Å². The molecule has 1 aliphatic rings. The van der Waals surface area contributed by atoms with Gasteiger partial charge in [0.2, 0.25) is 5.88 Å². The number of methoxy groups -OCH3 is 1. The standard InChI is InChI=1S/C12H15NO2/c1-15-11-7-6-10(8-13-11)12(14)9-4-2-3-5-9/h6-9H,2-5H2,1H3. The lowest BCUT2D eigenvalue weighted by Gasteiger charge is -2.07. The molecule has 1 aliphatic carbocycles. The van der Waals surface area contributed by atoms with Crippen molar-refractivity contribution in [3.8, 4) is 5.88 Å². The zero-order valence-corrected chi connectivity index (χ0v) is 8.90. The Morgan fingerprint density at radius 3 is 2.67 bits per heavy atom. The van der Waals surface area contributed by atoms with E-state index in [4.69, 9.17) is 4.74 Å². The number of ether oxygens (including phenoxy) is 1. The minimum atomic E-state index is 0.222. The van der Waals surface area contributed by atoms with Crippen molar-refractivity contribution in [1.82, 2.24) is 4.98 Å². The first-order valence-electron chi connectivity index (χ1n) is 5.35. The number of nitrogens with zero attached hydrogens (tertiary/aromatic N) is 1. The summed E-state index contributed by atoms with van der Waals surface area (Å²) < 4.78 is 4.95. The van der Waals surface area contributed by atoms with Crippen molar-refractivity contribution in [3.05, 3.63) is 23.9 Å². The summed E-state index contributed by atoms with van der Waals surface area (Å²) in [7, 11) is 1.57. The maximum atomic E-state index is 12.0. The van der Waals surface area contributed by atoms with E-state index in [0.29, 0.717) is 11.4 Å². The number of rotatable bonds is 3. The van der Waals surface area contributed by atoms with Crippen molar-refractivity contribution in [2.24, 2.45) is 5.92 Å². The fourth-order valence-electron chi connectivity index (χ4n) is 2.07. The van der Waals surface area contributed by atoms with E-state index >= 15 is 0 Å². The predicted molar refractivity (Wildman–Crippen MR) is 57.1 cm³/mol. The second-order valence-corrected chi connectivity index (χ2v) is 3.93. The molecule has 0 saturated heterocycles. The molecule has 3 nitrogen and oxygen atoms in total. The Hall–Kier alpha value is -1.38. The number of Topliss-reactive ketones (excluding diaryl/α,β-unsaturated/α-hetero) is 1. The summed E-state index contributed by atoms with van der Waals surface area (Å²) in [5.74, 6) is 1.01. The van der Waals surface area contributed by atoms with E-state index in [2.05, 4.69) is 4.98 Å². The summed E-state index contributed by atoms with van der Waals surface area (Å²) in [6, 6.07) is 3.54. The van der Waals surface area contributed by atoms with Crippen LogP contribution in [0.4, 0.5) is 0 Å². The quantitative estimate of drug-likeness (QED) is 0.711. The first-order chi connectivity index (χ1) is 7.31. The molecule has 0 bridgehead atoms. The molecule has 0 N–H and O–H groups in total. The third-order valence-electron chi connectivity index (χ3n) is 2.96. The van der Waals surface area contributed by atoms with Gasteiger partial charge in [-0.1, -0.05) is 12.8 Å². The van der Waals surface area contributed by atoms with Crippen molar-refractivity contribution >= 4 is 5.78 Å². The molecule has 0 spiro atoms. The van der Waals surface area contributed by atoms with Gasteiger partial charge in [0.05, 0.1) is 7.11 Å². The van der Waals surface area contributed by atoms with Gasteiger partial charge in [-0.3, -0.25) is 4.79 Å². The molecule has 0 unspecified atom stereocenters. The van der Waals surface area contributed by atoms with Gasteiger partial charge in [0.15, 0.2) is 5.78 Å². The molecule has 1 heterocycles. The molecule has 0 amide bonds. The highest BCUT2D eigenvalue weighted by atomic mass is 16.5. The molecule has 0 radical (unpaired) electrons. The van der Waals surface area contributed by atoms with Crippen LogP contribution in [0.25, 0.3) is 0 Å². The predicted octanol–water partition coefficient (Wildman–Crippen LogP) is 2.46. The number of hydrogen-bond acceptors (Lipinski definition) is 3. The van der Waals surface area contributed by atoms with Crippen LogP contribution in [0.5, 0.6) is 5.88 Å². The summed E-state index contributed by atoms with van der Waals surface area (Å²) >= 11 is 0. The Bertz CT molecular complexity index is 339. The van der Waals surface area contributed by atoms with Crippen molar-refractivity contribution in [3.63, 3.8) is 0 Å². The van der Waals surface area contributed by atoms with Crippen LogP contribution in [0.15, 0.2) is 18.3 Å². The molecule has 0 aliphatic heterocycles. The molecule has 15 heavy (non-hydrogen) atoms. The highest BCUT2D eigenvalue weighted by Crippen LogP contribution is 2.28. The topological polar surface area (TPSA) is 39.2 Å². The average Bonchev–Trinajstić information content (AvgIpc) is 2.82. The Morgan fingerprint density at radius 1 is 1.40 bits per heavy atom. The molecule has 1 saturated carbocycles. The lowest BCUT2D eigenvalue weighted by Crippen LogP contribution is -2.11. The molecule has 0 aromatic carbocycles. The molecule has 80 valence electrons. The number of carbonyl (C=O) groups excluding carboxylic acids is 1. The average molecular weight is 205 g/mol. The molecular formula is C12H15NO2. The lowest BCUT2D eigenvalue weighted by molar-refractivity contribution is 0.0922. The van der Waals surface area contributed by atoms with Crippen LogP contribution in [0.1, 0.15) is 36.0 Å². The van der Waals surface area contributed by atoms with Crippen molar-refractivity contribution < 1.29 is 9.53 Å². The first kappa shape index (κ1) is 10.1. The number of carbonyl (C=O) groups is 1. The zero-order valence-electron chi connectivity index (χ0n) is 8.90. The number of aromatic nitrogens is 1. The van der Waals surface area contributed by atoms with Crippen LogP contribution in [0.2, 0.25) is 0 Å². The van der Waals surface area contributed by atoms with E-state index in [1.165, 1.54) is 12.8 Å². The summed E-state index contributed by atoms with van der Waals surface area (Å²) in [4.78, 5) is 16.0. The maximum Gasteiger partial charge on any atom is 0.212 e. The molecule has 0 atom stereocenters. The smallest absolute Gasteiger partial charge is 0.212 e. The minimum Gasteiger partial charge on any atom is -0.481 e. The fourth-order valence-corrected chi connectivity index (χ4v) is 2.07. The second kappa shape index (κ2) is 4.43. The third-order valence-corrected chi connectivity index (χ3v) is 2.96. The second-order valence-electron chi connectivity index (χ2n) is 3.93. The molecule has 1 aromatic heterocycles. The largest absolute Gasteiger partial charge is 0.481 e. The summed E-state index contributed by atoms with van der Waals surface area (Å²) in [5, 5.41) is 0. The lowest BCUT2D eigenvalue weighted by atomic mass is 9.98. The van der Waals surface area contributed by atoms with E-state index in [9.17, 15) is 4.79 Å². The van der Waals surface area contributed by atoms with Gasteiger partial charge in [-0.25, -0.2) is 4.98 Å². The monoisotopic (exact) mass is 205 g/mol. The Morgan fingerprint density at radius 2 is 2.13 bits per heavy atom. The van der Waals surface area contributed by atoms with Gasteiger partial charge in [0.1, 0.15) is 0 Å². The van der Waals surface area contributed by atoms with E-state index in [-0.39, 0.29) is 11.7 Å². The normalized spacial score (nSPS) is 16.6. The SMILES string of the molecule is COc1ccc(C(=O)C2CCCC2)cn1. The van der Waals surface area contributed by atoms with Crippen molar-refractivity contribution in [2.45, 2.75) is 25.7 Å². The number of ketones is 1. The highest BCUT2D eigenvalue weighted by molar-refractivity contribution is 5.97. The van der Waals surface area contributed by atoms with Gasteiger partial charge >= 0.3 is 0 Å². The number of pyridine rings is 1. The van der Waals surface area contributed by atoms with Crippen LogP contribution in [-0.2, 0) is 0 Å². The first-order valence-corrected chi connectivity index (χ1v) is 5.35. The summed E-state index contributed by atoms with van der Waals surface area (Å²) in [6.07, 6.45) is 6.04. The van der Waals surface area contributed by atoms with E-state index in [0.717, 1.165) is 12.8 Å². The molecule has 2 rings (SSSR count). The van der Waals surface area contributed by atoms with Crippen LogP contribution in [0.3, 0.4) is 0 Å². The van der Waals surface area contributed by atoms with Crippen LogP contribution >= 0.6 is 0 Å². The van der Waals surface area contributed by atoms with Gasteiger partial charge < -0.3 is 4.74 Å². The number of hydrogen-bond donors (Lipinski definition) is 0. The Kier molecular flexibility index (Phi) is 2.99. The Labute approximate surface area is 89.5 Å². The third kappa shape index (κ3) is 2.17. The molecule has 1 aromatic rings. The van der Waals surface area contributed by atoms with Gasteiger partial charge in [-0.15, -0.1) is 0 Å². The maximum absolute atomic E-state index is 12.0. The van der Waals surface area contributed by atoms with Gasteiger partial charge in [-0.2, -0.15) is 0 Å². The fraction of sp³-hybridized carbons (Fsp3) is 0.500. The van der Waals surface area contributed by atoms with Crippen molar-refractivity contribution in [1.29, 1.82) is 0 Å². The minimum absolute atomic E-state index is 0.222. The Balaban J connectivity index is 2.11. The summed E-state index contributed by atoms with van der Waals surface area (Å²) in [6.45, 7) is 0. The highest BCUT2D eigenvalue weighted by Gasteiger charge is 2.23. The molecule has 1 fully saturated rings. The zero-order chi connectivity index (χ0) is 10.7.